The van der Waals surface area contributed by atoms with Gasteiger partial charge in [-0.05, 0) is 42.0 Å². The third kappa shape index (κ3) is 3.62. The third-order valence-corrected chi connectivity index (χ3v) is 4.85. The number of carboxylic acids is 1. The molecule has 2 aromatic carbocycles. The number of nitrogens with zero attached hydrogens (tertiary/aromatic N) is 1. The van der Waals surface area contributed by atoms with E-state index >= 15 is 0 Å². The van der Waals surface area contributed by atoms with E-state index in [1.54, 1.807) is 0 Å². The number of benzene rings is 2. The predicted molar refractivity (Wildman–Crippen MR) is 91.5 cm³/mol. The Morgan fingerprint density at radius 1 is 1.13 bits per heavy atom. The molecule has 0 fully saturated rings. The second-order valence-corrected chi connectivity index (χ2v) is 6.40. The zero-order valence-electron chi connectivity index (χ0n) is 13.5. The average Bonchev–Trinajstić information content (AvgIpc) is 2.59. The highest BCUT2D eigenvalue weighted by molar-refractivity contribution is 5.74. The van der Waals surface area contributed by atoms with Gasteiger partial charge in [-0.3, -0.25) is 9.69 Å². The summed E-state index contributed by atoms with van der Waals surface area (Å²) in [5.41, 5.74) is 3.75. The van der Waals surface area contributed by atoms with Gasteiger partial charge in [0.05, 0.1) is 0 Å². The summed E-state index contributed by atoms with van der Waals surface area (Å²) in [6, 6.07) is 18.2. The Hall–Kier alpha value is -2.13. The van der Waals surface area contributed by atoms with Crippen LogP contribution in [0.15, 0.2) is 54.6 Å². The summed E-state index contributed by atoms with van der Waals surface area (Å²) in [7, 11) is 0. The van der Waals surface area contributed by atoms with Crippen molar-refractivity contribution in [1.29, 1.82) is 0 Å². The highest BCUT2D eigenvalue weighted by atomic mass is 16.4. The molecule has 1 heterocycles. The maximum Gasteiger partial charge on any atom is 0.321 e. The van der Waals surface area contributed by atoms with Gasteiger partial charge in [-0.25, -0.2) is 0 Å². The molecule has 2 atom stereocenters. The minimum atomic E-state index is -0.716. The van der Waals surface area contributed by atoms with Crippen molar-refractivity contribution in [2.75, 3.05) is 6.54 Å². The number of rotatable bonds is 5. The van der Waals surface area contributed by atoms with E-state index < -0.39 is 12.0 Å². The summed E-state index contributed by atoms with van der Waals surface area (Å²) in [5.74, 6) is -0.283. The summed E-state index contributed by atoms with van der Waals surface area (Å²) in [5, 5.41) is 9.57. The highest BCUT2D eigenvalue weighted by Gasteiger charge is 2.31. The number of hydrogen-bond donors (Lipinski definition) is 1. The zero-order chi connectivity index (χ0) is 16.2. The van der Waals surface area contributed by atoms with Crippen LogP contribution in [0.25, 0.3) is 0 Å². The topological polar surface area (TPSA) is 40.5 Å². The van der Waals surface area contributed by atoms with Gasteiger partial charge in [0.1, 0.15) is 6.04 Å². The Kier molecular flexibility index (Phi) is 4.77. The number of hydrogen-bond acceptors (Lipinski definition) is 2. The van der Waals surface area contributed by atoms with E-state index in [1.807, 2.05) is 18.2 Å². The molecule has 23 heavy (non-hydrogen) atoms. The standard InChI is InChI=1S/C20H23NO2/c1-15(16-7-3-2-4-8-16)11-12-21-14-18-10-6-5-9-17(18)13-19(21)20(22)23/h2-10,15,19H,11-14H2,1H3,(H,22,23). The Balaban J connectivity index is 1.69. The normalized spacial score (nSPS) is 19.1. The molecule has 0 saturated carbocycles. The lowest BCUT2D eigenvalue weighted by Gasteiger charge is -2.35. The first-order valence-electron chi connectivity index (χ1n) is 8.23. The van der Waals surface area contributed by atoms with Crippen molar-refractivity contribution in [2.45, 2.75) is 38.3 Å². The van der Waals surface area contributed by atoms with Crippen molar-refractivity contribution < 1.29 is 9.90 Å². The van der Waals surface area contributed by atoms with Crippen molar-refractivity contribution >= 4 is 5.97 Å². The molecule has 120 valence electrons. The molecule has 3 heteroatoms. The van der Waals surface area contributed by atoms with Crippen LogP contribution < -0.4 is 0 Å². The molecule has 0 aromatic heterocycles. The lowest BCUT2D eigenvalue weighted by atomic mass is 9.92. The van der Waals surface area contributed by atoms with Gasteiger partial charge in [-0.15, -0.1) is 0 Å². The molecule has 3 nitrogen and oxygen atoms in total. The lowest BCUT2D eigenvalue weighted by molar-refractivity contribution is -0.144. The van der Waals surface area contributed by atoms with Crippen molar-refractivity contribution in [3.63, 3.8) is 0 Å². The van der Waals surface area contributed by atoms with Gasteiger partial charge in [-0.1, -0.05) is 61.5 Å². The molecular formula is C20H23NO2. The molecule has 1 N–H and O–H groups in total. The molecule has 0 spiro atoms. The van der Waals surface area contributed by atoms with E-state index in [1.165, 1.54) is 16.7 Å². The van der Waals surface area contributed by atoms with E-state index in [0.29, 0.717) is 12.3 Å². The van der Waals surface area contributed by atoms with Gasteiger partial charge in [0, 0.05) is 6.54 Å². The predicted octanol–water partition coefficient (Wildman–Crippen LogP) is 3.69. The van der Waals surface area contributed by atoms with Crippen molar-refractivity contribution in [3.8, 4) is 0 Å². The van der Waals surface area contributed by atoms with Crippen LogP contribution in [0.5, 0.6) is 0 Å². The summed E-state index contributed by atoms with van der Waals surface area (Å²) in [6.07, 6.45) is 1.57. The van der Waals surface area contributed by atoms with Crippen molar-refractivity contribution in [2.24, 2.45) is 0 Å². The molecule has 0 radical (unpaired) electrons. The number of carbonyl (C=O) groups is 1. The molecule has 0 saturated heterocycles. The van der Waals surface area contributed by atoms with E-state index in [4.69, 9.17) is 0 Å². The van der Waals surface area contributed by atoms with Crippen LogP contribution in [-0.4, -0.2) is 28.6 Å². The van der Waals surface area contributed by atoms with Crippen LogP contribution in [0, 0.1) is 0 Å². The molecule has 2 unspecified atom stereocenters. The Morgan fingerprint density at radius 2 is 1.78 bits per heavy atom. The molecule has 1 aliphatic rings. The summed E-state index contributed by atoms with van der Waals surface area (Å²) in [4.78, 5) is 13.8. The molecule has 2 aromatic rings. The van der Waals surface area contributed by atoms with Crippen LogP contribution in [0.2, 0.25) is 0 Å². The fourth-order valence-electron chi connectivity index (χ4n) is 3.36. The van der Waals surface area contributed by atoms with Gasteiger partial charge in [-0.2, -0.15) is 0 Å². The monoisotopic (exact) mass is 309 g/mol. The van der Waals surface area contributed by atoms with Crippen molar-refractivity contribution in [1.82, 2.24) is 4.90 Å². The first-order chi connectivity index (χ1) is 11.1. The fourth-order valence-corrected chi connectivity index (χ4v) is 3.36. The van der Waals surface area contributed by atoms with Crippen molar-refractivity contribution in [3.05, 3.63) is 71.3 Å². The summed E-state index contributed by atoms with van der Waals surface area (Å²) in [6.45, 7) is 3.75. The quantitative estimate of drug-likeness (QED) is 0.915. The van der Waals surface area contributed by atoms with Crippen LogP contribution in [0.3, 0.4) is 0 Å². The SMILES string of the molecule is CC(CCN1Cc2ccccc2CC1C(=O)O)c1ccccc1. The van der Waals surface area contributed by atoms with E-state index in [2.05, 4.69) is 48.2 Å². The third-order valence-electron chi connectivity index (χ3n) is 4.85. The summed E-state index contributed by atoms with van der Waals surface area (Å²) < 4.78 is 0. The number of fused-ring (bicyclic) bond motifs is 1. The van der Waals surface area contributed by atoms with Crippen LogP contribution >= 0.6 is 0 Å². The smallest absolute Gasteiger partial charge is 0.321 e. The van der Waals surface area contributed by atoms with Gasteiger partial charge < -0.3 is 5.11 Å². The minimum Gasteiger partial charge on any atom is -0.480 e. The number of aliphatic carboxylic acids is 1. The van der Waals surface area contributed by atoms with Crippen LogP contribution in [-0.2, 0) is 17.8 Å². The second-order valence-electron chi connectivity index (χ2n) is 6.40. The van der Waals surface area contributed by atoms with Gasteiger partial charge in [0.2, 0.25) is 0 Å². The maximum absolute atomic E-state index is 11.6. The lowest BCUT2D eigenvalue weighted by Crippen LogP contribution is -2.46. The molecule has 3 rings (SSSR count). The molecule has 0 bridgehead atoms. The Morgan fingerprint density at radius 3 is 2.48 bits per heavy atom. The first-order valence-corrected chi connectivity index (χ1v) is 8.23. The van der Waals surface area contributed by atoms with Gasteiger partial charge >= 0.3 is 5.97 Å². The van der Waals surface area contributed by atoms with E-state index in [-0.39, 0.29) is 0 Å². The maximum atomic E-state index is 11.6. The second kappa shape index (κ2) is 6.97. The highest BCUT2D eigenvalue weighted by Crippen LogP contribution is 2.26. The molecule has 0 aliphatic carbocycles. The molecule has 1 aliphatic heterocycles. The largest absolute Gasteiger partial charge is 0.480 e. The Bertz CT molecular complexity index is 668. The Labute approximate surface area is 137 Å². The summed E-state index contributed by atoms with van der Waals surface area (Å²) >= 11 is 0. The molecular weight excluding hydrogens is 286 g/mol. The minimum absolute atomic E-state index is 0.409. The van der Waals surface area contributed by atoms with Gasteiger partial charge in [0.25, 0.3) is 0 Å². The zero-order valence-corrected chi connectivity index (χ0v) is 13.5. The number of carboxylic acid groups (broad SMARTS) is 1. The fraction of sp³-hybridized carbons (Fsp3) is 0.350. The van der Waals surface area contributed by atoms with E-state index in [9.17, 15) is 9.90 Å². The first kappa shape index (κ1) is 15.8. The van der Waals surface area contributed by atoms with E-state index in [0.717, 1.165) is 19.5 Å². The van der Waals surface area contributed by atoms with Crippen LogP contribution in [0.1, 0.15) is 36.0 Å². The molecule has 0 amide bonds. The average molecular weight is 309 g/mol. The van der Waals surface area contributed by atoms with Gasteiger partial charge in [0.15, 0.2) is 0 Å². The van der Waals surface area contributed by atoms with Crippen LogP contribution in [0.4, 0.5) is 0 Å².